The van der Waals surface area contributed by atoms with E-state index < -0.39 is 5.41 Å². The van der Waals surface area contributed by atoms with Crippen LogP contribution in [0.1, 0.15) is 37.5 Å². The van der Waals surface area contributed by atoms with Crippen molar-refractivity contribution in [2.45, 2.75) is 40.2 Å². The molecule has 0 aliphatic carbocycles. The first-order valence-electron chi connectivity index (χ1n) is 9.95. The third kappa shape index (κ3) is 5.65. The normalized spacial score (nSPS) is 14.1. The van der Waals surface area contributed by atoms with E-state index in [1.807, 2.05) is 45.0 Å². The number of Topliss-reactive ketones (excluding diaryl/α,β-unsaturated/α-hetero) is 1. The molecule has 0 bridgehead atoms. The Labute approximate surface area is 182 Å². The maximum absolute atomic E-state index is 12.1. The maximum atomic E-state index is 12.1. The zero-order valence-corrected chi connectivity index (χ0v) is 18.7. The fourth-order valence-electron chi connectivity index (χ4n) is 3.26. The Bertz CT molecular complexity index is 891. The van der Waals surface area contributed by atoms with Gasteiger partial charge in [0.2, 0.25) is 0 Å². The zero-order valence-electron chi connectivity index (χ0n) is 17.2. The van der Waals surface area contributed by atoms with Crippen LogP contribution in [0.25, 0.3) is 0 Å². The average molecular weight is 435 g/mol. The first-order valence-corrected chi connectivity index (χ1v) is 10.7. The van der Waals surface area contributed by atoms with Gasteiger partial charge in [0.05, 0.1) is 15.7 Å². The average Bonchev–Trinajstić information content (AvgIpc) is 2.91. The molecule has 29 heavy (non-hydrogen) atoms. The van der Waals surface area contributed by atoms with Crippen LogP contribution in [-0.4, -0.2) is 25.5 Å². The minimum absolute atomic E-state index is 0.0145. The van der Waals surface area contributed by atoms with Gasteiger partial charge in [0.1, 0.15) is 12.4 Å². The lowest BCUT2D eigenvalue weighted by molar-refractivity contribution is -0.128. The summed E-state index contributed by atoms with van der Waals surface area (Å²) in [5.74, 6) is 0.555. The molecule has 0 amide bonds. The number of carbonyl (C=O) groups excluding carboxylic acids is 1. The summed E-state index contributed by atoms with van der Waals surface area (Å²) >= 11 is 12.9. The van der Waals surface area contributed by atoms with Crippen LogP contribution in [-0.2, 0) is 24.2 Å². The van der Waals surface area contributed by atoms with E-state index in [0.717, 1.165) is 42.2 Å². The third-order valence-corrected chi connectivity index (χ3v) is 5.75. The maximum Gasteiger partial charge on any atom is 0.175 e. The minimum Gasteiger partial charge on any atom is -0.484 e. The molecule has 156 valence electrons. The van der Waals surface area contributed by atoms with Crippen LogP contribution < -0.4 is 15.4 Å². The largest absolute Gasteiger partial charge is 0.484 e. The Hall–Kier alpha value is -1.75. The summed E-state index contributed by atoms with van der Waals surface area (Å²) in [6.45, 7) is 8.18. The SMILES string of the molecule is CC(C)(C)C(=O)COc1ccc(CNc2c(Cl)ccc3c2CCNCC3)cc1Cl. The van der Waals surface area contributed by atoms with Crippen molar-refractivity contribution in [3.05, 3.63) is 57.1 Å². The van der Waals surface area contributed by atoms with Gasteiger partial charge in [0, 0.05) is 12.0 Å². The summed E-state index contributed by atoms with van der Waals surface area (Å²) in [6, 6.07) is 9.71. The molecule has 2 aromatic rings. The van der Waals surface area contributed by atoms with Crippen LogP contribution in [0.2, 0.25) is 10.0 Å². The third-order valence-electron chi connectivity index (χ3n) is 5.14. The number of hydrogen-bond acceptors (Lipinski definition) is 4. The monoisotopic (exact) mass is 434 g/mol. The van der Waals surface area contributed by atoms with E-state index >= 15 is 0 Å². The Kier molecular flexibility index (Phi) is 7.10. The minimum atomic E-state index is -0.432. The molecule has 0 saturated carbocycles. The number of rotatable bonds is 6. The fourth-order valence-corrected chi connectivity index (χ4v) is 3.76. The number of nitrogens with one attached hydrogen (secondary N) is 2. The second-order valence-corrected chi connectivity index (χ2v) is 9.20. The Morgan fingerprint density at radius 3 is 2.59 bits per heavy atom. The second kappa shape index (κ2) is 9.38. The van der Waals surface area contributed by atoms with E-state index in [4.69, 9.17) is 27.9 Å². The molecule has 0 radical (unpaired) electrons. The van der Waals surface area contributed by atoms with Crippen molar-refractivity contribution in [1.82, 2.24) is 5.32 Å². The predicted octanol–water partition coefficient (Wildman–Crippen LogP) is 5.29. The van der Waals surface area contributed by atoms with Gasteiger partial charge in [-0.15, -0.1) is 0 Å². The quantitative estimate of drug-likeness (QED) is 0.648. The number of anilines is 1. The fraction of sp³-hybridized carbons (Fsp3) is 0.435. The van der Waals surface area contributed by atoms with Gasteiger partial charge in [-0.25, -0.2) is 0 Å². The number of hydrogen-bond donors (Lipinski definition) is 2. The van der Waals surface area contributed by atoms with E-state index in [0.29, 0.717) is 17.3 Å². The number of carbonyl (C=O) groups is 1. The molecule has 0 saturated heterocycles. The molecule has 2 aromatic carbocycles. The van der Waals surface area contributed by atoms with Crippen molar-refractivity contribution < 1.29 is 9.53 Å². The molecule has 0 spiro atoms. The molecule has 4 nitrogen and oxygen atoms in total. The van der Waals surface area contributed by atoms with Gasteiger partial charge in [-0.1, -0.05) is 56.1 Å². The lowest BCUT2D eigenvalue weighted by Crippen LogP contribution is -2.26. The van der Waals surface area contributed by atoms with E-state index in [2.05, 4.69) is 16.7 Å². The number of halogens is 2. The van der Waals surface area contributed by atoms with E-state index in [9.17, 15) is 4.79 Å². The highest BCUT2D eigenvalue weighted by molar-refractivity contribution is 6.33. The highest BCUT2D eigenvalue weighted by Crippen LogP contribution is 2.32. The Balaban J connectivity index is 1.68. The van der Waals surface area contributed by atoms with Crippen LogP contribution in [0.3, 0.4) is 0 Å². The van der Waals surface area contributed by atoms with Crippen molar-refractivity contribution in [2.75, 3.05) is 25.0 Å². The van der Waals surface area contributed by atoms with Crippen molar-refractivity contribution in [2.24, 2.45) is 5.41 Å². The molecular formula is C23H28Cl2N2O2. The first kappa shape index (κ1) is 21.9. The molecule has 3 rings (SSSR count). The van der Waals surface area contributed by atoms with Crippen LogP contribution in [0.15, 0.2) is 30.3 Å². The van der Waals surface area contributed by atoms with Crippen LogP contribution >= 0.6 is 23.2 Å². The molecule has 0 unspecified atom stereocenters. The van der Waals surface area contributed by atoms with Gasteiger partial charge in [-0.05, 0) is 60.8 Å². The van der Waals surface area contributed by atoms with Crippen LogP contribution in [0.4, 0.5) is 5.69 Å². The van der Waals surface area contributed by atoms with E-state index in [1.165, 1.54) is 11.1 Å². The summed E-state index contributed by atoms with van der Waals surface area (Å²) in [5.41, 5.74) is 4.21. The standard InChI is InChI=1S/C23H28Cl2N2O2/c1-23(2,3)21(28)14-29-20-7-4-15(12-19(20)25)13-27-22-17-9-11-26-10-8-16(17)5-6-18(22)24/h4-7,12,26-27H,8-11,13-14H2,1-3H3. The van der Waals surface area contributed by atoms with Crippen molar-refractivity contribution in [3.63, 3.8) is 0 Å². The van der Waals surface area contributed by atoms with Gasteiger partial charge in [-0.2, -0.15) is 0 Å². The molecule has 6 heteroatoms. The number of fused-ring (bicyclic) bond motifs is 1. The lowest BCUT2D eigenvalue weighted by Gasteiger charge is -2.18. The highest BCUT2D eigenvalue weighted by Gasteiger charge is 2.22. The lowest BCUT2D eigenvalue weighted by atomic mass is 9.91. The smallest absolute Gasteiger partial charge is 0.175 e. The van der Waals surface area contributed by atoms with E-state index in [1.54, 1.807) is 0 Å². The number of benzene rings is 2. The summed E-state index contributed by atoms with van der Waals surface area (Å²) < 4.78 is 5.62. The van der Waals surface area contributed by atoms with Gasteiger partial charge >= 0.3 is 0 Å². The molecule has 1 aliphatic rings. The molecular weight excluding hydrogens is 407 g/mol. The van der Waals surface area contributed by atoms with Gasteiger partial charge < -0.3 is 15.4 Å². The molecule has 0 atom stereocenters. The number of ketones is 1. The Morgan fingerprint density at radius 2 is 1.86 bits per heavy atom. The summed E-state index contributed by atoms with van der Waals surface area (Å²) in [4.78, 5) is 12.1. The number of ether oxygens (including phenoxy) is 1. The summed E-state index contributed by atoms with van der Waals surface area (Å²) in [6.07, 6.45) is 1.96. The second-order valence-electron chi connectivity index (χ2n) is 8.39. The molecule has 0 fully saturated rings. The molecule has 1 heterocycles. The van der Waals surface area contributed by atoms with E-state index in [-0.39, 0.29) is 12.4 Å². The van der Waals surface area contributed by atoms with Crippen LogP contribution in [0, 0.1) is 5.41 Å². The van der Waals surface area contributed by atoms with Crippen molar-refractivity contribution in [1.29, 1.82) is 0 Å². The molecule has 0 aromatic heterocycles. The first-order chi connectivity index (χ1) is 13.8. The summed E-state index contributed by atoms with van der Waals surface area (Å²) in [7, 11) is 0. The van der Waals surface area contributed by atoms with Gasteiger partial charge in [0.15, 0.2) is 5.78 Å². The van der Waals surface area contributed by atoms with Crippen molar-refractivity contribution >= 4 is 34.7 Å². The molecule has 1 aliphatic heterocycles. The van der Waals surface area contributed by atoms with Crippen LogP contribution in [0.5, 0.6) is 5.75 Å². The predicted molar refractivity (Wildman–Crippen MR) is 120 cm³/mol. The molecule has 2 N–H and O–H groups in total. The van der Waals surface area contributed by atoms with Gasteiger partial charge in [-0.3, -0.25) is 4.79 Å². The Morgan fingerprint density at radius 1 is 1.10 bits per heavy atom. The topological polar surface area (TPSA) is 50.4 Å². The van der Waals surface area contributed by atoms with Gasteiger partial charge in [0.25, 0.3) is 0 Å². The summed E-state index contributed by atoms with van der Waals surface area (Å²) in [5, 5.41) is 8.15. The highest BCUT2D eigenvalue weighted by atomic mass is 35.5. The zero-order chi connectivity index (χ0) is 21.0. The van der Waals surface area contributed by atoms with Crippen molar-refractivity contribution in [3.8, 4) is 5.75 Å².